The van der Waals surface area contributed by atoms with E-state index in [0.717, 1.165) is 29.4 Å². The van der Waals surface area contributed by atoms with Crippen LogP contribution in [0.25, 0.3) is 0 Å². The summed E-state index contributed by atoms with van der Waals surface area (Å²) in [5, 5.41) is 0.771. The maximum Gasteiger partial charge on any atom is 0.278 e. The van der Waals surface area contributed by atoms with Gasteiger partial charge in [0.1, 0.15) is 11.9 Å². The first-order valence-corrected chi connectivity index (χ1v) is 10.00. The Hall–Kier alpha value is -1.49. The van der Waals surface area contributed by atoms with E-state index in [-0.39, 0.29) is 11.3 Å². The van der Waals surface area contributed by atoms with Gasteiger partial charge in [-0.2, -0.15) is 0 Å². The summed E-state index contributed by atoms with van der Waals surface area (Å²) in [6.07, 6.45) is 0. The van der Waals surface area contributed by atoms with Crippen molar-refractivity contribution in [3.05, 3.63) is 70.2 Å². The Bertz CT molecular complexity index is 752. The number of hydrogen-bond acceptors (Lipinski definition) is 2. The Morgan fingerprint density at radius 2 is 1.96 bits per heavy atom. The summed E-state index contributed by atoms with van der Waals surface area (Å²) >= 11 is 8.14. The van der Waals surface area contributed by atoms with Crippen LogP contribution in [0.2, 0.25) is 5.02 Å². The van der Waals surface area contributed by atoms with Crippen molar-refractivity contribution in [2.24, 2.45) is 0 Å². The number of aryl methyl sites for hydroxylation is 1. The van der Waals surface area contributed by atoms with E-state index in [1.807, 2.05) is 29.2 Å². The van der Waals surface area contributed by atoms with Gasteiger partial charge in [-0.05, 0) is 18.6 Å². The van der Waals surface area contributed by atoms with Crippen LogP contribution in [0, 0.1) is 6.92 Å². The van der Waals surface area contributed by atoms with E-state index in [9.17, 15) is 4.79 Å². The molecule has 3 rings (SSSR count). The number of benzene rings is 2. The maximum atomic E-state index is 12.9. The third-order valence-corrected chi connectivity index (χ3v) is 6.18. The third-order valence-electron chi connectivity index (χ3n) is 4.59. The largest absolute Gasteiger partial charge is 0.326 e. The number of quaternary nitrogens is 1. The van der Waals surface area contributed by atoms with Crippen molar-refractivity contribution in [3.63, 3.8) is 0 Å². The highest BCUT2D eigenvalue weighted by Gasteiger charge is 2.33. The first-order valence-electron chi connectivity index (χ1n) is 8.57. The molecule has 1 aliphatic heterocycles. The molecule has 1 fully saturated rings. The van der Waals surface area contributed by atoms with E-state index in [4.69, 9.17) is 11.6 Å². The summed E-state index contributed by atoms with van der Waals surface area (Å²) in [6.45, 7) is 4.26. The van der Waals surface area contributed by atoms with E-state index in [0.29, 0.717) is 6.54 Å². The number of likely N-dealkylation sites (N-methyl/N-ethyl adjacent to an activating group) is 1. The van der Waals surface area contributed by atoms with Gasteiger partial charge in [0.15, 0.2) is 6.54 Å². The zero-order chi connectivity index (χ0) is 17.8. The molecule has 5 heteroatoms. The molecule has 132 valence electrons. The molecule has 1 N–H and O–H groups in total. The third kappa shape index (κ3) is 4.38. The number of carbonyl (C=O) groups is 1. The topological polar surface area (TPSA) is 24.8 Å². The minimum atomic E-state index is 0.0347. The molecule has 0 aromatic heterocycles. The summed E-state index contributed by atoms with van der Waals surface area (Å²) in [5.41, 5.74) is 3.61. The lowest BCUT2D eigenvalue weighted by atomic mass is 10.1. The molecular weight excluding hydrogens is 352 g/mol. The second kappa shape index (κ2) is 8.26. The lowest BCUT2D eigenvalue weighted by molar-refractivity contribution is -0.885. The molecule has 0 spiro atoms. The van der Waals surface area contributed by atoms with Crippen molar-refractivity contribution < 1.29 is 9.69 Å². The van der Waals surface area contributed by atoms with E-state index >= 15 is 0 Å². The molecular formula is C20H24ClN2OS+. The Balaban J connectivity index is 1.66. The number of nitrogens with one attached hydrogen (secondary N) is 1. The molecule has 1 aliphatic rings. The van der Waals surface area contributed by atoms with Crippen molar-refractivity contribution >= 4 is 29.3 Å². The number of nitrogens with zero attached hydrogens (tertiary/aromatic N) is 1. The van der Waals surface area contributed by atoms with Gasteiger partial charge in [0, 0.05) is 28.4 Å². The second-order valence-corrected chi connectivity index (χ2v) is 8.16. The average molecular weight is 376 g/mol. The number of hydrogen-bond donors (Lipinski definition) is 1. The summed E-state index contributed by atoms with van der Waals surface area (Å²) < 4.78 is 0. The van der Waals surface area contributed by atoms with Gasteiger partial charge in [-0.1, -0.05) is 54.1 Å². The Kier molecular flexibility index (Phi) is 6.05. The Labute approximate surface area is 159 Å². The number of rotatable bonds is 5. The van der Waals surface area contributed by atoms with E-state index < -0.39 is 0 Å². The van der Waals surface area contributed by atoms with Crippen LogP contribution in [-0.2, 0) is 11.3 Å². The fraction of sp³-hybridized carbons (Fsp3) is 0.350. The monoisotopic (exact) mass is 375 g/mol. The SMILES string of the molecule is Cc1ccccc1C[NH+](C)CC(=O)N1CCS[C@H]1c1ccccc1Cl. The summed E-state index contributed by atoms with van der Waals surface area (Å²) in [6, 6.07) is 16.2. The highest BCUT2D eigenvalue weighted by molar-refractivity contribution is 7.99. The number of carbonyl (C=O) groups excluding carboxylic acids is 1. The highest BCUT2D eigenvalue weighted by atomic mass is 35.5. The number of thioether (sulfide) groups is 1. The van der Waals surface area contributed by atoms with Crippen molar-refractivity contribution in [1.29, 1.82) is 0 Å². The van der Waals surface area contributed by atoms with Crippen LogP contribution in [-0.4, -0.2) is 36.7 Å². The van der Waals surface area contributed by atoms with Crippen molar-refractivity contribution in [2.45, 2.75) is 18.8 Å². The van der Waals surface area contributed by atoms with Crippen molar-refractivity contribution in [1.82, 2.24) is 4.90 Å². The van der Waals surface area contributed by atoms with E-state index in [1.165, 1.54) is 16.0 Å². The van der Waals surface area contributed by atoms with Crippen molar-refractivity contribution in [3.8, 4) is 0 Å². The molecule has 1 unspecified atom stereocenters. The van der Waals surface area contributed by atoms with Gasteiger partial charge in [-0.15, -0.1) is 11.8 Å². The molecule has 2 atom stereocenters. The van der Waals surface area contributed by atoms with Crippen LogP contribution >= 0.6 is 23.4 Å². The molecule has 0 radical (unpaired) electrons. The van der Waals surface area contributed by atoms with Crippen LogP contribution < -0.4 is 4.90 Å². The zero-order valence-corrected chi connectivity index (χ0v) is 16.2. The van der Waals surface area contributed by atoms with E-state index in [1.54, 1.807) is 11.8 Å². The first-order chi connectivity index (χ1) is 12.1. The van der Waals surface area contributed by atoms with Crippen molar-refractivity contribution in [2.75, 3.05) is 25.9 Å². The van der Waals surface area contributed by atoms with Gasteiger partial charge in [0.2, 0.25) is 0 Å². The molecule has 3 nitrogen and oxygen atoms in total. The molecule has 1 saturated heterocycles. The molecule has 1 amide bonds. The minimum Gasteiger partial charge on any atom is -0.326 e. The second-order valence-electron chi connectivity index (χ2n) is 6.57. The molecule has 2 aromatic rings. The number of halogens is 1. The molecule has 1 heterocycles. The summed E-state index contributed by atoms with van der Waals surface area (Å²) in [4.78, 5) is 16.1. The Morgan fingerprint density at radius 3 is 2.72 bits per heavy atom. The fourth-order valence-corrected chi connectivity index (χ4v) is 4.83. The fourth-order valence-electron chi connectivity index (χ4n) is 3.21. The minimum absolute atomic E-state index is 0.0347. The highest BCUT2D eigenvalue weighted by Crippen LogP contribution is 2.40. The predicted molar refractivity (Wildman–Crippen MR) is 105 cm³/mol. The Morgan fingerprint density at radius 1 is 1.24 bits per heavy atom. The molecule has 0 saturated carbocycles. The van der Waals surface area contributed by atoms with Gasteiger partial charge in [0.25, 0.3) is 5.91 Å². The zero-order valence-electron chi connectivity index (χ0n) is 14.7. The van der Waals surface area contributed by atoms with E-state index in [2.05, 4.69) is 38.2 Å². The molecule has 25 heavy (non-hydrogen) atoms. The van der Waals surface area contributed by atoms with Gasteiger partial charge in [0.05, 0.1) is 7.05 Å². The lowest BCUT2D eigenvalue weighted by Gasteiger charge is -2.26. The molecule has 0 aliphatic carbocycles. The maximum absolute atomic E-state index is 12.9. The predicted octanol–water partition coefficient (Wildman–Crippen LogP) is 2.94. The summed E-state index contributed by atoms with van der Waals surface area (Å²) in [7, 11) is 2.08. The molecule has 0 bridgehead atoms. The number of amides is 1. The van der Waals surface area contributed by atoms with Crippen LogP contribution in [0.3, 0.4) is 0 Å². The van der Waals surface area contributed by atoms with Gasteiger partial charge in [-0.25, -0.2) is 0 Å². The van der Waals surface area contributed by atoms with Gasteiger partial charge in [-0.3, -0.25) is 4.79 Å². The first kappa shape index (κ1) is 18.3. The van der Waals surface area contributed by atoms with Crippen LogP contribution in [0.5, 0.6) is 0 Å². The van der Waals surface area contributed by atoms with Crippen LogP contribution in [0.15, 0.2) is 48.5 Å². The van der Waals surface area contributed by atoms with Crippen LogP contribution in [0.1, 0.15) is 22.1 Å². The van der Waals surface area contributed by atoms with Gasteiger partial charge < -0.3 is 9.80 Å². The van der Waals surface area contributed by atoms with Crippen LogP contribution in [0.4, 0.5) is 0 Å². The summed E-state index contributed by atoms with van der Waals surface area (Å²) in [5.74, 6) is 1.15. The average Bonchev–Trinajstić information content (AvgIpc) is 3.07. The molecule has 2 aromatic carbocycles. The quantitative estimate of drug-likeness (QED) is 0.869. The normalized spacial score (nSPS) is 18.4. The standard InChI is InChI=1S/C20H23ClN2OS/c1-15-7-3-4-8-16(15)13-22(2)14-19(24)23-11-12-25-20(23)17-9-5-6-10-18(17)21/h3-10,20H,11-14H2,1-2H3/p+1/t20-/m0/s1. The van der Waals surface area contributed by atoms with Gasteiger partial charge >= 0.3 is 0 Å². The lowest BCUT2D eigenvalue weighted by Crippen LogP contribution is -3.08. The smallest absolute Gasteiger partial charge is 0.278 e.